The molecule has 0 unspecified atom stereocenters. The van der Waals surface area contributed by atoms with Gasteiger partial charge in [-0.3, -0.25) is 9.59 Å². The molecule has 0 heterocycles. The Morgan fingerprint density at radius 3 is 2.61 bits per heavy atom. The third kappa shape index (κ3) is 4.28. The van der Waals surface area contributed by atoms with Gasteiger partial charge in [0.25, 0.3) is 0 Å². The molecule has 0 spiro atoms. The summed E-state index contributed by atoms with van der Waals surface area (Å²) in [5, 5.41) is 8.55. The molecule has 0 aliphatic rings. The Bertz CT molecular complexity index is 441. The largest absolute Gasteiger partial charge is 0.481 e. The van der Waals surface area contributed by atoms with E-state index in [2.05, 4.69) is 0 Å². The minimum absolute atomic E-state index is 0.0416. The fraction of sp³-hybridized carbons (Fsp3) is 0.429. The van der Waals surface area contributed by atoms with E-state index in [9.17, 15) is 14.0 Å². The third-order valence-corrected chi connectivity index (χ3v) is 2.73. The molecule has 98 valence electrons. The highest BCUT2D eigenvalue weighted by Crippen LogP contribution is 2.17. The molecule has 0 aromatic heterocycles. The zero-order valence-corrected chi connectivity index (χ0v) is 10.4. The number of carbonyl (C=O) groups excluding carboxylic acids is 1. The van der Waals surface area contributed by atoms with Crippen LogP contribution in [-0.2, 0) is 11.2 Å². The molecule has 0 saturated heterocycles. The predicted molar refractivity (Wildman–Crippen MR) is 66.2 cm³/mol. The first-order valence-electron chi connectivity index (χ1n) is 6.08. The molecule has 0 atom stereocenters. The van der Waals surface area contributed by atoms with Gasteiger partial charge in [0.1, 0.15) is 5.82 Å². The van der Waals surface area contributed by atoms with Gasteiger partial charge in [0.05, 0.1) is 6.42 Å². The van der Waals surface area contributed by atoms with Gasteiger partial charge in [0.15, 0.2) is 5.78 Å². The number of ketones is 1. The molecule has 1 rings (SSSR count). The van der Waals surface area contributed by atoms with Crippen molar-refractivity contribution < 1.29 is 19.1 Å². The van der Waals surface area contributed by atoms with Crippen molar-refractivity contribution in [2.75, 3.05) is 0 Å². The van der Waals surface area contributed by atoms with Crippen LogP contribution in [0.25, 0.3) is 0 Å². The fourth-order valence-electron chi connectivity index (χ4n) is 1.76. The zero-order valence-electron chi connectivity index (χ0n) is 10.4. The SMILES string of the molecule is CCCCc1cc(F)ccc1C(=O)CCC(=O)O. The van der Waals surface area contributed by atoms with Crippen molar-refractivity contribution in [3.63, 3.8) is 0 Å². The number of Topliss-reactive ketones (excluding diaryl/α,β-unsaturated/α-hetero) is 1. The average molecular weight is 252 g/mol. The summed E-state index contributed by atoms with van der Waals surface area (Å²) >= 11 is 0. The molecular weight excluding hydrogens is 235 g/mol. The second-order valence-corrected chi connectivity index (χ2v) is 4.22. The van der Waals surface area contributed by atoms with Crippen molar-refractivity contribution in [1.82, 2.24) is 0 Å². The smallest absolute Gasteiger partial charge is 0.303 e. The van der Waals surface area contributed by atoms with Gasteiger partial charge >= 0.3 is 5.97 Å². The minimum Gasteiger partial charge on any atom is -0.481 e. The van der Waals surface area contributed by atoms with Crippen LogP contribution < -0.4 is 0 Å². The molecule has 4 heteroatoms. The summed E-state index contributed by atoms with van der Waals surface area (Å²) in [6, 6.07) is 4.05. The Kier molecular flexibility index (Phi) is 5.49. The zero-order chi connectivity index (χ0) is 13.5. The first-order chi connectivity index (χ1) is 8.54. The van der Waals surface area contributed by atoms with Gasteiger partial charge < -0.3 is 5.11 Å². The lowest BCUT2D eigenvalue weighted by molar-refractivity contribution is -0.136. The standard InChI is InChI=1S/C14H17FO3/c1-2-3-4-10-9-11(15)5-6-12(10)13(16)7-8-14(17)18/h5-6,9H,2-4,7-8H2,1H3,(H,17,18). The van der Waals surface area contributed by atoms with E-state index in [0.717, 1.165) is 12.8 Å². The van der Waals surface area contributed by atoms with Gasteiger partial charge in [0, 0.05) is 12.0 Å². The molecule has 3 nitrogen and oxygen atoms in total. The maximum absolute atomic E-state index is 13.1. The molecule has 1 aromatic rings. The summed E-state index contributed by atoms with van der Waals surface area (Å²) in [6.45, 7) is 2.02. The second-order valence-electron chi connectivity index (χ2n) is 4.22. The summed E-state index contributed by atoms with van der Waals surface area (Å²) in [6.07, 6.45) is 2.24. The molecule has 1 N–H and O–H groups in total. The topological polar surface area (TPSA) is 54.4 Å². The van der Waals surface area contributed by atoms with Crippen molar-refractivity contribution in [2.45, 2.75) is 39.0 Å². The summed E-state index contributed by atoms with van der Waals surface area (Å²) in [4.78, 5) is 22.3. The number of rotatable bonds is 7. The summed E-state index contributed by atoms with van der Waals surface area (Å²) in [5.74, 6) is -1.60. The average Bonchev–Trinajstić information content (AvgIpc) is 2.33. The number of hydrogen-bond donors (Lipinski definition) is 1. The van der Waals surface area contributed by atoms with Crippen molar-refractivity contribution in [3.8, 4) is 0 Å². The van der Waals surface area contributed by atoms with Gasteiger partial charge in [-0.2, -0.15) is 0 Å². The number of aliphatic carboxylic acids is 1. The Hall–Kier alpha value is -1.71. The molecule has 18 heavy (non-hydrogen) atoms. The molecule has 1 aromatic carbocycles. The van der Waals surface area contributed by atoms with E-state index < -0.39 is 5.97 Å². The lowest BCUT2D eigenvalue weighted by atomic mass is 9.97. The minimum atomic E-state index is -0.999. The second kappa shape index (κ2) is 6.89. The van der Waals surface area contributed by atoms with Crippen LogP contribution in [0.5, 0.6) is 0 Å². The van der Waals surface area contributed by atoms with Gasteiger partial charge in [-0.25, -0.2) is 4.39 Å². The van der Waals surface area contributed by atoms with E-state index in [4.69, 9.17) is 5.11 Å². The lowest BCUT2D eigenvalue weighted by Crippen LogP contribution is -2.07. The van der Waals surface area contributed by atoms with E-state index >= 15 is 0 Å². The maximum atomic E-state index is 13.1. The van der Waals surface area contributed by atoms with Crippen LogP contribution in [0.15, 0.2) is 18.2 Å². The molecule has 0 saturated carbocycles. The molecule has 0 fully saturated rings. The first-order valence-corrected chi connectivity index (χ1v) is 6.08. The van der Waals surface area contributed by atoms with Crippen LogP contribution in [0.3, 0.4) is 0 Å². The molecule has 0 amide bonds. The Morgan fingerprint density at radius 2 is 2.00 bits per heavy atom. The van der Waals surface area contributed by atoms with Gasteiger partial charge in [-0.15, -0.1) is 0 Å². The molecule has 0 bridgehead atoms. The van der Waals surface area contributed by atoms with E-state index in [1.807, 2.05) is 6.92 Å². The quantitative estimate of drug-likeness (QED) is 0.758. The van der Waals surface area contributed by atoms with Crippen LogP contribution in [0.1, 0.15) is 48.5 Å². The Balaban J connectivity index is 2.85. The van der Waals surface area contributed by atoms with Crippen LogP contribution in [0, 0.1) is 5.82 Å². The van der Waals surface area contributed by atoms with Gasteiger partial charge in [0.2, 0.25) is 0 Å². The number of carboxylic acids is 1. The summed E-state index contributed by atoms with van der Waals surface area (Å²) in [5.41, 5.74) is 1.12. The van der Waals surface area contributed by atoms with E-state index in [0.29, 0.717) is 17.5 Å². The Morgan fingerprint density at radius 1 is 1.28 bits per heavy atom. The number of hydrogen-bond acceptors (Lipinski definition) is 2. The lowest BCUT2D eigenvalue weighted by Gasteiger charge is -2.08. The maximum Gasteiger partial charge on any atom is 0.303 e. The fourth-order valence-corrected chi connectivity index (χ4v) is 1.76. The highest BCUT2D eigenvalue weighted by molar-refractivity contribution is 5.98. The van der Waals surface area contributed by atoms with Crippen molar-refractivity contribution in [2.24, 2.45) is 0 Å². The van der Waals surface area contributed by atoms with Crippen LogP contribution in [-0.4, -0.2) is 16.9 Å². The van der Waals surface area contributed by atoms with Crippen LogP contribution in [0.4, 0.5) is 4.39 Å². The van der Waals surface area contributed by atoms with Crippen LogP contribution >= 0.6 is 0 Å². The number of aryl methyl sites for hydroxylation is 1. The normalized spacial score (nSPS) is 10.3. The van der Waals surface area contributed by atoms with E-state index in [-0.39, 0.29) is 24.4 Å². The highest BCUT2D eigenvalue weighted by atomic mass is 19.1. The number of carboxylic acid groups (broad SMARTS) is 1. The Labute approximate surface area is 106 Å². The molecule has 0 radical (unpaired) electrons. The molecular formula is C14H17FO3. The number of carbonyl (C=O) groups is 2. The van der Waals surface area contributed by atoms with Crippen molar-refractivity contribution >= 4 is 11.8 Å². The number of unbranched alkanes of at least 4 members (excludes halogenated alkanes) is 1. The predicted octanol–water partition coefficient (Wildman–Crippen LogP) is 3.22. The number of benzene rings is 1. The number of halogens is 1. The van der Waals surface area contributed by atoms with Crippen molar-refractivity contribution in [1.29, 1.82) is 0 Å². The van der Waals surface area contributed by atoms with Gasteiger partial charge in [-0.1, -0.05) is 13.3 Å². The summed E-state index contributed by atoms with van der Waals surface area (Å²) < 4.78 is 13.1. The van der Waals surface area contributed by atoms with E-state index in [1.54, 1.807) is 0 Å². The van der Waals surface area contributed by atoms with Crippen LogP contribution in [0.2, 0.25) is 0 Å². The monoisotopic (exact) mass is 252 g/mol. The summed E-state index contributed by atoms with van der Waals surface area (Å²) in [7, 11) is 0. The van der Waals surface area contributed by atoms with Gasteiger partial charge in [-0.05, 0) is 36.6 Å². The van der Waals surface area contributed by atoms with E-state index in [1.165, 1.54) is 18.2 Å². The molecule has 0 aliphatic carbocycles. The van der Waals surface area contributed by atoms with Crippen molar-refractivity contribution in [3.05, 3.63) is 35.1 Å². The highest BCUT2D eigenvalue weighted by Gasteiger charge is 2.13. The first kappa shape index (κ1) is 14.4. The molecule has 0 aliphatic heterocycles. The third-order valence-electron chi connectivity index (χ3n) is 2.73.